The van der Waals surface area contributed by atoms with E-state index < -0.39 is 0 Å². The summed E-state index contributed by atoms with van der Waals surface area (Å²) in [5, 5.41) is 12.5. The Morgan fingerprint density at radius 3 is 2.61 bits per heavy atom. The number of rotatable bonds is 3. The third-order valence-corrected chi connectivity index (χ3v) is 3.60. The Morgan fingerprint density at radius 2 is 1.87 bits per heavy atom. The third-order valence-electron chi connectivity index (χ3n) is 3.39. The predicted octanol–water partition coefficient (Wildman–Crippen LogP) is 2.22. The monoisotopic (exact) mass is 327 g/mol. The van der Waals surface area contributed by atoms with Crippen molar-refractivity contribution in [3.05, 3.63) is 68.7 Å². The molecule has 0 saturated carbocycles. The molecule has 0 unspecified atom stereocenters. The molecule has 0 aliphatic carbocycles. The number of hydrogen-bond donors (Lipinski definition) is 4. The summed E-state index contributed by atoms with van der Waals surface area (Å²) in [6.07, 6.45) is 0. The van der Waals surface area contributed by atoms with Crippen molar-refractivity contribution in [1.82, 2.24) is 15.3 Å². The van der Waals surface area contributed by atoms with Crippen molar-refractivity contribution < 1.29 is 9.90 Å². The van der Waals surface area contributed by atoms with Gasteiger partial charge < -0.3 is 15.4 Å². The zero-order valence-corrected chi connectivity index (χ0v) is 12.7. The number of carbonyl (C=O) groups is 1. The van der Waals surface area contributed by atoms with Crippen molar-refractivity contribution in [2.45, 2.75) is 6.54 Å². The molecule has 3 rings (SSSR count). The van der Waals surface area contributed by atoms with Crippen molar-refractivity contribution >= 4 is 29.0 Å². The van der Waals surface area contributed by atoms with Gasteiger partial charge in [0.25, 0.3) is 11.5 Å². The minimum Gasteiger partial charge on any atom is -0.508 e. The topological polar surface area (TPSA) is 98.0 Å². The van der Waals surface area contributed by atoms with Crippen LogP contribution in [0.1, 0.15) is 15.9 Å². The van der Waals surface area contributed by atoms with Crippen LogP contribution in [0, 0.1) is 4.77 Å². The molecule has 1 aromatic heterocycles. The summed E-state index contributed by atoms with van der Waals surface area (Å²) in [6, 6.07) is 11.3. The number of aromatic amines is 2. The van der Waals surface area contributed by atoms with Crippen molar-refractivity contribution in [2.24, 2.45) is 0 Å². The molecule has 3 aromatic rings. The highest BCUT2D eigenvalue weighted by atomic mass is 32.1. The van der Waals surface area contributed by atoms with Gasteiger partial charge >= 0.3 is 0 Å². The Labute approximate surface area is 135 Å². The van der Waals surface area contributed by atoms with Crippen LogP contribution < -0.4 is 10.9 Å². The first-order valence-electron chi connectivity index (χ1n) is 6.85. The molecule has 23 heavy (non-hydrogen) atoms. The summed E-state index contributed by atoms with van der Waals surface area (Å²) in [4.78, 5) is 29.3. The Kier molecular flexibility index (Phi) is 3.94. The van der Waals surface area contributed by atoms with Gasteiger partial charge in [0, 0.05) is 12.1 Å². The number of aromatic hydroxyl groups is 1. The lowest BCUT2D eigenvalue weighted by Crippen LogP contribution is -2.23. The van der Waals surface area contributed by atoms with Crippen LogP contribution in [0.2, 0.25) is 0 Å². The van der Waals surface area contributed by atoms with Gasteiger partial charge in [-0.1, -0.05) is 12.1 Å². The van der Waals surface area contributed by atoms with Gasteiger partial charge in [0.2, 0.25) is 0 Å². The molecule has 0 saturated heterocycles. The van der Waals surface area contributed by atoms with Crippen LogP contribution in [0.3, 0.4) is 0 Å². The van der Waals surface area contributed by atoms with E-state index in [-0.39, 0.29) is 22.0 Å². The summed E-state index contributed by atoms with van der Waals surface area (Å²) >= 11 is 4.93. The molecule has 2 aromatic carbocycles. The number of carbonyl (C=O) groups excluding carboxylic acids is 1. The average molecular weight is 327 g/mol. The van der Waals surface area contributed by atoms with Gasteiger partial charge in [-0.05, 0) is 48.1 Å². The minimum atomic E-state index is -0.292. The molecule has 0 atom stereocenters. The van der Waals surface area contributed by atoms with Gasteiger partial charge in [-0.3, -0.25) is 14.6 Å². The molecule has 116 valence electrons. The van der Waals surface area contributed by atoms with E-state index in [1.807, 2.05) is 0 Å². The molecule has 0 bridgehead atoms. The standard InChI is InChI=1S/C16H13N3O3S/c20-11-4-1-9(2-5-11)8-17-14(21)10-3-6-12-13(7-10)18-16(23)19-15(12)22/h1-7,20H,8H2,(H,17,21)(H2,18,19,22,23). The van der Waals surface area contributed by atoms with Crippen LogP contribution in [-0.4, -0.2) is 21.0 Å². The largest absolute Gasteiger partial charge is 0.508 e. The second kappa shape index (κ2) is 6.05. The van der Waals surface area contributed by atoms with Gasteiger partial charge in [0.05, 0.1) is 10.9 Å². The van der Waals surface area contributed by atoms with E-state index >= 15 is 0 Å². The number of nitrogens with one attached hydrogen (secondary N) is 3. The maximum absolute atomic E-state index is 12.2. The minimum absolute atomic E-state index is 0.176. The lowest BCUT2D eigenvalue weighted by Gasteiger charge is -2.06. The quantitative estimate of drug-likeness (QED) is 0.554. The maximum atomic E-state index is 12.2. The molecule has 0 radical (unpaired) electrons. The molecule has 0 spiro atoms. The molecule has 0 aliphatic rings. The van der Waals surface area contributed by atoms with Crippen LogP contribution in [0.4, 0.5) is 0 Å². The summed E-state index contributed by atoms with van der Waals surface area (Å²) in [5.41, 5.74) is 1.51. The first-order valence-corrected chi connectivity index (χ1v) is 7.26. The number of amides is 1. The second-order valence-corrected chi connectivity index (χ2v) is 5.43. The van der Waals surface area contributed by atoms with E-state index in [1.165, 1.54) is 0 Å². The molecule has 6 nitrogen and oxygen atoms in total. The van der Waals surface area contributed by atoms with Crippen molar-refractivity contribution in [1.29, 1.82) is 0 Å². The molecule has 1 heterocycles. The Hall–Kier alpha value is -2.93. The van der Waals surface area contributed by atoms with Gasteiger partial charge in [-0.15, -0.1) is 0 Å². The highest BCUT2D eigenvalue weighted by Gasteiger charge is 2.08. The van der Waals surface area contributed by atoms with Crippen molar-refractivity contribution in [2.75, 3.05) is 0 Å². The smallest absolute Gasteiger partial charge is 0.259 e. The molecular formula is C16H13N3O3S. The van der Waals surface area contributed by atoms with E-state index in [4.69, 9.17) is 12.2 Å². The number of benzene rings is 2. The Bertz CT molecular complexity index is 990. The summed E-state index contributed by atoms with van der Waals surface area (Å²) < 4.78 is 0.212. The molecule has 7 heteroatoms. The fourth-order valence-corrected chi connectivity index (χ4v) is 2.41. The number of phenols is 1. The Morgan fingerprint density at radius 1 is 1.13 bits per heavy atom. The molecule has 4 N–H and O–H groups in total. The highest BCUT2D eigenvalue weighted by molar-refractivity contribution is 7.71. The predicted molar refractivity (Wildman–Crippen MR) is 89.0 cm³/mol. The molecule has 1 amide bonds. The third kappa shape index (κ3) is 3.29. The number of phenolic OH excluding ortho intramolecular Hbond substituents is 1. The number of fused-ring (bicyclic) bond motifs is 1. The maximum Gasteiger partial charge on any atom is 0.259 e. The van der Waals surface area contributed by atoms with Crippen LogP contribution in [-0.2, 0) is 6.54 Å². The van der Waals surface area contributed by atoms with E-state index in [0.717, 1.165) is 5.56 Å². The normalized spacial score (nSPS) is 10.6. The zero-order valence-electron chi connectivity index (χ0n) is 11.9. The average Bonchev–Trinajstić information content (AvgIpc) is 2.53. The summed E-state index contributed by atoms with van der Waals surface area (Å²) in [6.45, 7) is 0.336. The lowest BCUT2D eigenvalue weighted by atomic mass is 10.1. The van der Waals surface area contributed by atoms with Gasteiger partial charge in [0.1, 0.15) is 5.75 Å². The Balaban J connectivity index is 1.82. The van der Waals surface area contributed by atoms with Crippen LogP contribution in [0.5, 0.6) is 5.75 Å². The van der Waals surface area contributed by atoms with Crippen LogP contribution >= 0.6 is 12.2 Å². The second-order valence-electron chi connectivity index (χ2n) is 5.02. The van der Waals surface area contributed by atoms with E-state index in [9.17, 15) is 14.7 Å². The van der Waals surface area contributed by atoms with Crippen molar-refractivity contribution in [3.8, 4) is 5.75 Å². The summed E-state index contributed by atoms with van der Waals surface area (Å²) in [7, 11) is 0. The van der Waals surface area contributed by atoms with Crippen LogP contribution in [0.25, 0.3) is 10.9 Å². The molecule has 0 fully saturated rings. The van der Waals surface area contributed by atoms with Crippen LogP contribution in [0.15, 0.2) is 47.3 Å². The van der Waals surface area contributed by atoms with Gasteiger partial charge in [-0.2, -0.15) is 0 Å². The molecular weight excluding hydrogens is 314 g/mol. The number of hydrogen-bond acceptors (Lipinski definition) is 4. The highest BCUT2D eigenvalue weighted by Crippen LogP contribution is 2.11. The van der Waals surface area contributed by atoms with E-state index in [0.29, 0.717) is 23.0 Å². The van der Waals surface area contributed by atoms with E-state index in [2.05, 4.69) is 15.3 Å². The lowest BCUT2D eigenvalue weighted by molar-refractivity contribution is 0.0951. The van der Waals surface area contributed by atoms with Gasteiger partial charge in [0.15, 0.2) is 4.77 Å². The number of aromatic nitrogens is 2. The molecule has 0 aliphatic heterocycles. The zero-order chi connectivity index (χ0) is 16.4. The first-order chi connectivity index (χ1) is 11.0. The SMILES string of the molecule is O=C(NCc1ccc(O)cc1)c1ccc2c(=O)[nH]c(=S)[nH]c2c1. The first kappa shape index (κ1) is 15.0. The number of H-pyrrole nitrogens is 2. The van der Waals surface area contributed by atoms with E-state index in [1.54, 1.807) is 42.5 Å². The fourth-order valence-electron chi connectivity index (χ4n) is 2.21. The summed E-state index contributed by atoms with van der Waals surface area (Å²) in [5.74, 6) is -0.0883. The van der Waals surface area contributed by atoms with Crippen molar-refractivity contribution in [3.63, 3.8) is 0 Å². The van der Waals surface area contributed by atoms with Gasteiger partial charge in [-0.25, -0.2) is 0 Å². The fraction of sp³-hybridized carbons (Fsp3) is 0.0625.